The van der Waals surface area contributed by atoms with Crippen LogP contribution in [-0.2, 0) is 6.54 Å². The van der Waals surface area contributed by atoms with Gasteiger partial charge < -0.3 is 14.1 Å². The highest BCUT2D eigenvalue weighted by Crippen LogP contribution is 2.20. The molecule has 0 radical (unpaired) electrons. The first-order valence-electron chi connectivity index (χ1n) is 7.00. The van der Waals surface area contributed by atoms with Crippen LogP contribution in [0.4, 0.5) is 5.69 Å². The zero-order valence-electron chi connectivity index (χ0n) is 12.3. The number of piperazine rings is 1. The number of aromatic nitrogens is 3. The highest BCUT2D eigenvalue weighted by atomic mass is 16.5. The van der Waals surface area contributed by atoms with Gasteiger partial charge in [0, 0.05) is 39.2 Å². The number of aryl methyl sites for hydroxylation is 1. The zero-order chi connectivity index (χ0) is 14.7. The molecule has 0 N–H and O–H groups in total. The number of rotatable bonds is 4. The first-order chi connectivity index (χ1) is 10.2. The summed E-state index contributed by atoms with van der Waals surface area (Å²) in [6.07, 6.45) is 3.59. The molecule has 3 heterocycles. The van der Waals surface area contributed by atoms with E-state index < -0.39 is 0 Å². The largest absolute Gasteiger partial charge is 0.495 e. The molecule has 0 aliphatic carbocycles. The fourth-order valence-electron chi connectivity index (χ4n) is 2.45. The molecule has 112 valence electrons. The molecule has 2 aromatic heterocycles. The van der Waals surface area contributed by atoms with Gasteiger partial charge in [-0.25, -0.2) is 0 Å². The normalized spacial score (nSPS) is 16.2. The number of anilines is 1. The minimum Gasteiger partial charge on any atom is -0.495 e. The zero-order valence-corrected chi connectivity index (χ0v) is 12.3. The summed E-state index contributed by atoms with van der Waals surface area (Å²) in [4.78, 5) is 8.83. The van der Waals surface area contributed by atoms with Gasteiger partial charge in [-0.2, -0.15) is 0 Å². The average molecular weight is 289 g/mol. The lowest BCUT2D eigenvalue weighted by atomic mass is 10.2. The highest BCUT2D eigenvalue weighted by molar-refractivity contribution is 5.48. The summed E-state index contributed by atoms with van der Waals surface area (Å²) in [6, 6.07) is 2.02. The Bertz CT molecular complexity index is 593. The molecule has 2 aromatic rings. The predicted molar refractivity (Wildman–Crippen MR) is 77.3 cm³/mol. The summed E-state index contributed by atoms with van der Waals surface area (Å²) in [5.41, 5.74) is 1.10. The van der Waals surface area contributed by atoms with Crippen molar-refractivity contribution in [2.75, 3.05) is 38.2 Å². The maximum atomic E-state index is 5.42. The Morgan fingerprint density at radius 3 is 2.67 bits per heavy atom. The summed E-state index contributed by atoms with van der Waals surface area (Å²) in [5, 5.41) is 7.90. The number of ether oxygens (including phenoxy) is 1. The topological polar surface area (TPSA) is 67.5 Å². The van der Waals surface area contributed by atoms with Gasteiger partial charge in [-0.3, -0.25) is 9.88 Å². The van der Waals surface area contributed by atoms with E-state index in [-0.39, 0.29) is 0 Å². The third kappa shape index (κ3) is 3.30. The lowest BCUT2D eigenvalue weighted by Gasteiger charge is -2.35. The van der Waals surface area contributed by atoms with E-state index in [0.29, 0.717) is 18.3 Å². The second kappa shape index (κ2) is 6.09. The Hall–Kier alpha value is -2.15. The van der Waals surface area contributed by atoms with Gasteiger partial charge in [-0.15, -0.1) is 10.2 Å². The number of hydrogen-bond donors (Lipinski definition) is 0. The molecule has 1 aliphatic heterocycles. The fraction of sp³-hybridized carbons (Fsp3) is 0.500. The van der Waals surface area contributed by atoms with E-state index in [1.165, 1.54) is 0 Å². The molecule has 1 fully saturated rings. The second-order valence-electron chi connectivity index (χ2n) is 5.06. The Morgan fingerprint density at radius 2 is 2.00 bits per heavy atom. The molecule has 0 aromatic carbocycles. The molecule has 0 saturated carbocycles. The summed E-state index contributed by atoms with van der Waals surface area (Å²) >= 11 is 0. The molecule has 3 rings (SSSR count). The van der Waals surface area contributed by atoms with E-state index in [1.807, 2.05) is 19.2 Å². The smallest absolute Gasteiger partial charge is 0.230 e. The molecule has 21 heavy (non-hydrogen) atoms. The molecule has 0 spiro atoms. The van der Waals surface area contributed by atoms with Crippen LogP contribution in [0.15, 0.2) is 22.9 Å². The Morgan fingerprint density at radius 1 is 1.19 bits per heavy atom. The highest BCUT2D eigenvalue weighted by Gasteiger charge is 2.19. The van der Waals surface area contributed by atoms with Gasteiger partial charge >= 0.3 is 0 Å². The van der Waals surface area contributed by atoms with Crippen molar-refractivity contribution in [1.29, 1.82) is 0 Å². The predicted octanol–water partition coefficient (Wildman–Crippen LogP) is 1.10. The molecular formula is C14H19N5O2. The van der Waals surface area contributed by atoms with Crippen LogP contribution in [0.25, 0.3) is 0 Å². The third-order valence-corrected chi connectivity index (χ3v) is 3.60. The molecule has 7 heteroatoms. The number of methoxy groups -OCH3 is 1. The van der Waals surface area contributed by atoms with Crippen molar-refractivity contribution in [3.8, 4) is 5.75 Å². The molecular weight excluding hydrogens is 270 g/mol. The molecule has 1 saturated heterocycles. The van der Waals surface area contributed by atoms with E-state index >= 15 is 0 Å². The second-order valence-corrected chi connectivity index (χ2v) is 5.06. The standard InChI is InChI=1S/C14H19N5O2/c1-11-16-17-14(21-11)10-18-3-5-19(6-4-18)12-7-13(20-2)9-15-8-12/h7-9H,3-6,10H2,1-2H3. The maximum Gasteiger partial charge on any atom is 0.230 e. The van der Waals surface area contributed by atoms with E-state index in [9.17, 15) is 0 Å². The van der Waals surface area contributed by atoms with Crippen LogP contribution < -0.4 is 9.64 Å². The van der Waals surface area contributed by atoms with Gasteiger partial charge in [0.1, 0.15) is 5.75 Å². The fourth-order valence-corrected chi connectivity index (χ4v) is 2.45. The van der Waals surface area contributed by atoms with Crippen molar-refractivity contribution in [3.63, 3.8) is 0 Å². The lowest BCUT2D eigenvalue weighted by molar-refractivity contribution is 0.225. The maximum absolute atomic E-state index is 5.42. The van der Waals surface area contributed by atoms with Crippen LogP contribution in [0.3, 0.4) is 0 Å². The van der Waals surface area contributed by atoms with Gasteiger partial charge in [-0.05, 0) is 0 Å². The monoisotopic (exact) mass is 289 g/mol. The SMILES string of the molecule is COc1cncc(N2CCN(Cc3nnc(C)o3)CC2)c1. The number of pyridine rings is 1. The van der Waals surface area contributed by atoms with Crippen LogP contribution in [0.5, 0.6) is 5.75 Å². The summed E-state index contributed by atoms with van der Waals surface area (Å²) in [5.74, 6) is 2.09. The van der Waals surface area contributed by atoms with Crippen LogP contribution in [0.1, 0.15) is 11.8 Å². The van der Waals surface area contributed by atoms with Crippen molar-refractivity contribution in [2.45, 2.75) is 13.5 Å². The van der Waals surface area contributed by atoms with E-state index in [2.05, 4.69) is 25.0 Å². The van der Waals surface area contributed by atoms with E-state index in [0.717, 1.165) is 37.6 Å². The Kier molecular flexibility index (Phi) is 4.01. The van der Waals surface area contributed by atoms with Crippen molar-refractivity contribution in [1.82, 2.24) is 20.1 Å². The molecule has 1 aliphatic rings. The molecule has 0 bridgehead atoms. The van der Waals surface area contributed by atoms with Crippen molar-refractivity contribution >= 4 is 5.69 Å². The van der Waals surface area contributed by atoms with Crippen LogP contribution in [-0.4, -0.2) is 53.4 Å². The van der Waals surface area contributed by atoms with E-state index in [1.54, 1.807) is 13.3 Å². The quantitative estimate of drug-likeness (QED) is 0.835. The minimum atomic E-state index is 0.617. The van der Waals surface area contributed by atoms with Gasteiger partial charge in [0.15, 0.2) is 0 Å². The van der Waals surface area contributed by atoms with Crippen LogP contribution in [0, 0.1) is 6.92 Å². The molecule has 7 nitrogen and oxygen atoms in total. The van der Waals surface area contributed by atoms with Gasteiger partial charge in [-0.1, -0.05) is 0 Å². The summed E-state index contributed by atoms with van der Waals surface area (Å²) in [7, 11) is 1.66. The Labute approximate surface area is 123 Å². The van der Waals surface area contributed by atoms with Crippen molar-refractivity contribution < 1.29 is 9.15 Å². The summed E-state index contributed by atoms with van der Waals surface area (Å²) in [6.45, 7) is 6.33. The van der Waals surface area contributed by atoms with Gasteiger partial charge in [0.25, 0.3) is 0 Å². The minimum absolute atomic E-state index is 0.617. The average Bonchev–Trinajstić information content (AvgIpc) is 2.93. The van der Waals surface area contributed by atoms with Crippen molar-refractivity contribution in [3.05, 3.63) is 30.2 Å². The van der Waals surface area contributed by atoms with Crippen LogP contribution in [0.2, 0.25) is 0 Å². The van der Waals surface area contributed by atoms with Crippen LogP contribution >= 0.6 is 0 Å². The number of nitrogens with zero attached hydrogens (tertiary/aromatic N) is 5. The van der Waals surface area contributed by atoms with Crippen molar-refractivity contribution in [2.24, 2.45) is 0 Å². The summed E-state index contributed by atoms with van der Waals surface area (Å²) < 4.78 is 10.6. The molecule has 0 unspecified atom stereocenters. The Balaban J connectivity index is 1.57. The third-order valence-electron chi connectivity index (χ3n) is 3.60. The van der Waals surface area contributed by atoms with Gasteiger partial charge in [0.05, 0.1) is 31.7 Å². The van der Waals surface area contributed by atoms with Gasteiger partial charge in [0.2, 0.25) is 11.8 Å². The first-order valence-corrected chi connectivity index (χ1v) is 7.00. The lowest BCUT2D eigenvalue weighted by Crippen LogP contribution is -2.46. The molecule has 0 amide bonds. The molecule has 0 atom stereocenters. The number of hydrogen-bond acceptors (Lipinski definition) is 7. The first kappa shape index (κ1) is 13.8. The van der Waals surface area contributed by atoms with E-state index in [4.69, 9.17) is 9.15 Å².